The zero-order chi connectivity index (χ0) is 17.6. The standard InChI is InChI=1S/C18H22ClN3O2S/c1-13(20-18(23)21-15-5-2-4-14(19)12-15)17(16-6-3-11-25-16)22-7-9-24-10-8-22/h2-6,11-13,17H,7-10H2,1H3,(H2,20,21,23). The average Bonchev–Trinajstić information content (AvgIpc) is 3.10. The molecule has 7 heteroatoms. The monoisotopic (exact) mass is 379 g/mol. The van der Waals surface area contributed by atoms with Gasteiger partial charge in [-0.3, -0.25) is 4.90 Å². The first-order valence-corrected chi connectivity index (χ1v) is 9.57. The second kappa shape index (κ2) is 8.67. The number of urea groups is 1. The Morgan fingerprint density at radius 1 is 1.28 bits per heavy atom. The Labute approximate surface area is 156 Å². The van der Waals surface area contributed by atoms with E-state index < -0.39 is 0 Å². The van der Waals surface area contributed by atoms with Crippen LogP contribution >= 0.6 is 22.9 Å². The van der Waals surface area contributed by atoms with Crippen LogP contribution in [0.4, 0.5) is 10.5 Å². The average molecular weight is 380 g/mol. The van der Waals surface area contributed by atoms with Crippen molar-refractivity contribution in [3.05, 3.63) is 51.7 Å². The van der Waals surface area contributed by atoms with Crippen molar-refractivity contribution in [2.24, 2.45) is 0 Å². The Balaban J connectivity index is 1.67. The van der Waals surface area contributed by atoms with Crippen LogP contribution in [-0.2, 0) is 4.74 Å². The molecule has 2 N–H and O–H groups in total. The van der Waals surface area contributed by atoms with Crippen LogP contribution in [0.25, 0.3) is 0 Å². The summed E-state index contributed by atoms with van der Waals surface area (Å²) in [7, 11) is 0. The molecule has 2 amide bonds. The highest BCUT2D eigenvalue weighted by Gasteiger charge is 2.29. The molecule has 0 spiro atoms. The number of halogens is 1. The van der Waals surface area contributed by atoms with Crippen molar-refractivity contribution < 1.29 is 9.53 Å². The molecule has 25 heavy (non-hydrogen) atoms. The maximum absolute atomic E-state index is 12.4. The van der Waals surface area contributed by atoms with Crippen LogP contribution in [-0.4, -0.2) is 43.3 Å². The molecular weight excluding hydrogens is 358 g/mol. The number of thiophene rings is 1. The first-order valence-electron chi connectivity index (χ1n) is 8.32. The minimum atomic E-state index is -0.232. The van der Waals surface area contributed by atoms with Crippen LogP contribution in [0.3, 0.4) is 0 Å². The number of ether oxygens (including phenoxy) is 1. The predicted molar refractivity (Wildman–Crippen MR) is 103 cm³/mol. The van der Waals surface area contributed by atoms with E-state index >= 15 is 0 Å². The van der Waals surface area contributed by atoms with Gasteiger partial charge < -0.3 is 15.4 Å². The summed E-state index contributed by atoms with van der Waals surface area (Å²) in [6, 6.07) is 11.2. The fourth-order valence-corrected chi connectivity index (χ4v) is 4.23. The Bertz CT molecular complexity index is 689. The van der Waals surface area contributed by atoms with E-state index in [-0.39, 0.29) is 18.1 Å². The molecule has 1 fully saturated rings. The molecular formula is C18H22ClN3O2S. The van der Waals surface area contributed by atoms with Gasteiger partial charge in [-0.1, -0.05) is 23.7 Å². The molecule has 1 aromatic heterocycles. The second-order valence-electron chi connectivity index (χ2n) is 6.01. The van der Waals surface area contributed by atoms with Gasteiger partial charge in [0, 0.05) is 34.7 Å². The van der Waals surface area contributed by atoms with Crippen LogP contribution in [0.5, 0.6) is 0 Å². The van der Waals surface area contributed by atoms with E-state index in [1.807, 2.05) is 25.1 Å². The summed E-state index contributed by atoms with van der Waals surface area (Å²) >= 11 is 7.68. The molecule has 1 aromatic carbocycles. The summed E-state index contributed by atoms with van der Waals surface area (Å²) in [6.45, 7) is 5.22. The molecule has 5 nitrogen and oxygen atoms in total. The highest BCUT2D eigenvalue weighted by Crippen LogP contribution is 2.29. The Morgan fingerprint density at radius 3 is 2.76 bits per heavy atom. The molecule has 2 heterocycles. The molecule has 1 aliphatic rings. The Kier molecular flexibility index (Phi) is 6.31. The van der Waals surface area contributed by atoms with Gasteiger partial charge in [0.15, 0.2) is 0 Å². The minimum Gasteiger partial charge on any atom is -0.379 e. The van der Waals surface area contributed by atoms with Gasteiger partial charge in [-0.25, -0.2) is 4.79 Å². The van der Waals surface area contributed by atoms with E-state index in [1.54, 1.807) is 23.5 Å². The normalized spacial score (nSPS) is 17.7. The third-order valence-electron chi connectivity index (χ3n) is 4.19. The van der Waals surface area contributed by atoms with Crippen molar-refractivity contribution >= 4 is 34.7 Å². The van der Waals surface area contributed by atoms with E-state index in [0.29, 0.717) is 10.7 Å². The molecule has 0 aliphatic carbocycles. The number of nitrogens with zero attached hydrogens (tertiary/aromatic N) is 1. The van der Waals surface area contributed by atoms with E-state index in [0.717, 1.165) is 26.3 Å². The van der Waals surface area contributed by atoms with Crippen molar-refractivity contribution in [3.63, 3.8) is 0 Å². The zero-order valence-corrected chi connectivity index (χ0v) is 15.6. The van der Waals surface area contributed by atoms with Crippen molar-refractivity contribution in [2.75, 3.05) is 31.6 Å². The van der Waals surface area contributed by atoms with Crippen molar-refractivity contribution in [1.82, 2.24) is 10.2 Å². The number of morpholine rings is 1. The summed E-state index contributed by atoms with van der Waals surface area (Å²) in [5.74, 6) is 0. The highest BCUT2D eigenvalue weighted by atomic mass is 35.5. The van der Waals surface area contributed by atoms with Crippen molar-refractivity contribution in [1.29, 1.82) is 0 Å². The topological polar surface area (TPSA) is 53.6 Å². The first kappa shape index (κ1) is 18.2. The molecule has 0 bridgehead atoms. The van der Waals surface area contributed by atoms with Crippen LogP contribution in [0, 0.1) is 0 Å². The third kappa shape index (κ3) is 4.95. The number of benzene rings is 1. The second-order valence-corrected chi connectivity index (χ2v) is 7.42. The van der Waals surface area contributed by atoms with Gasteiger partial charge in [0.25, 0.3) is 0 Å². The van der Waals surface area contributed by atoms with Crippen LogP contribution in [0.15, 0.2) is 41.8 Å². The lowest BCUT2D eigenvalue weighted by Gasteiger charge is -2.37. The van der Waals surface area contributed by atoms with Crippen LogP contribution < -0.4 is 10.6 Å². The molecule has 1 saturated heterocycles. The number of amides is 2. The quantitative estimate of drug-likeness (QED) is 0.826. The molecule has 1 aliphatic heterocycles. The van der Waals surface area contributed by atoms with Gasteiger partial charge in [-0.05, 0) is 36.6 Å². The van der Waals surface area contributed by atoms with Gasteiger partial charge in [-0.15, -0.1) is 11.3 Å². The largest absolute Gasteiger partial charge is 0.379 e. The molecule has 2 atom stereocenters. The van der Waals surface area contributed by atoms with Gasteiger partial charge in [0.2, 0.25) is 0 Å². The molecule has 2 aromatic rings. The molecule has 0 radical (unpaired) electrons. The van der Waals surface area contributed by atoms with Crippen molar-refractivity contribution in [3.8, 4) is 0 Å². The van der Waals surface area contributed by atoms with E-state index in [1.165, 1.54) is 4.88 Å². The number of anilines is 1. The zero-order valence-electron chi connectivity index (χ0n) is 14.1. The molecule has 134 valence electrons. The highest BCUT2D eigenvalue weighted by molar-refractivity contribution is 7.10. The minimum absolute atomic E-state index is 0.0454. The summed E-state index contributed by atoms with van der Waals surface area (Å²) in [6.07, 6.45) is 0. The molecule has 3 rings (SSSR count). The summed E-state index contributed by atoms with van der Waals surface area (Å²) < 4.78 is 5.47. The predicted octanol–water partition coefficient (Wildman–Crippen LogP) is 3.99. The lowest BCUT2D eigenvalue weighted by atomic mass is 10.1. The third-order valence-corrected chi connectivity index (χ3v) is 5.37. The van der Waals surface area contributed by atoms with Gasteiger partial charge in [-0.2, -0.15) is 0 Å². The number of nitrogens with one attached hydrogen (secondary N) is 2. The summed E-state index contributed by atoms with van der Waals surface area (Å²) in [4.78, 5) is 16.0. The maximum Gasteiger partial charge on any atom is 0.319 e. The molecule has 2 unspecified atom stereocenters. The number of carbonyl (C=O) groups is 1. The molecule has 0 saturated carbocycles. The number of hydrogen-bond donors (Lipinski definition) is 2. The Hall–Kier alpha value is -1.60. The number of hydrogen-bond acceptors (Lipinski definition) is 4. The smallest absolute Gasteiger partial charge is 0.319 e. The maximum atomic E-state index is 12.4. The summed E-state index contributed by atoms with van der Waals surface area (Å²) in [5, 5.41) is 8.57. The SMILES string of the molecule is CC(NC(=O)Nc1cccc(Cl)c1)C(c1cccs1)N1CCOCC1. The number of rotatable bonds is 5. The lowest BCUT2D eigenvalue weighted by molar-refractivity contribution is 0.0106. The van der Waals surface area contributed by atoms with E-state index in [2.05, 4.69) is 27.0 Å². The Morgan fingerprint density at radius 2 is 2.08 bits per heavy atom. The van der Waals surface area contributed by atoms with Gasteiger partial charge >= 0.3 is 6.03 Å². The van der Waals surface area contributed by atoms with E-state index in [9.17, 15) is 4.79 Å². The fraction of sp³-hybridized carbons (Fsp3) is 0.389. The van der Waals surface area contributed by atoms with Crippen LogP contribution in [0.1, 0.15) is 17.8 Å². The number of carbonyl (C=O) groups excluding carboxylic acids is 1. The van der Waals surface area contributed by atoms with Gasteiger partial charge in [0.1, 0.15) is 0 Å². The summed E-state index contributed by atoms with van der Waals surface area (Å²) in [5.41, 5.74) is 0.677. The van der Waals surface area contributed by atoms with E-state index in [4.69, 9.17) is 16.3 Å². The van der Waals surface area contributed by atoms with Crippen molar-refractivity contribution in [2.45, 2.75) is 19.0 Å². The van der Waals surface area contributed by atoms with Gasteiger partial charge in [0.05, 0.1) is 19.3 Å². The first-order chi connectivity index (χ1) is 12.1. The lowest BCUT2D eigenvalue weighted by Crippen LogP contribution is -2.49. The fourth-order valence-electron chi connectivity index (χ4n) is 3.08. The van der Waals surface area contributed by atoms with Crippen LogP contribution in [0.2, 0.25) is 5.02 Å².